The maximum Gasteiger partial charge on any atom is 0.258 e. The SMILES string of the molecule is COc1ccc(CNC(=O)COc2ccc3oc4c(c3c2)CCCC4)cc1. The summed E-state index contributed by atoms with van der Waals surface area (Å²) in [6.45, 7) is 0.447. The monoisotopic (exact) mass is 365 g/mol. The number of ether oxygens (including phenoxy) is 2. The number of furan rings is 1. The summed E-state index contributed by atoms with van der Waals surface area (Å²) in [6.07, 6.45) is 4.44. The van der Waals surface area contributed by atoms with Crippen LogP contribution in [0.15, 0.2) is 46.9 Å². The summed E-state index contributed by atoms with van der Waals surface area (Å²) in [5.74, 6) is 2.44. The van der Waals surface area contributed by atoms with Gasteiger partial charge in [0.2, 0.25) is 0 Å². The minimum absolute atomic E-state index is 0.0122. The fourth-order valence-electron chi connectivity index (χ4n) is 3.48. The number of aryl methyl sites for hydroxylation is 2. The van der Waals surface area contributed by atoms with Gasteiger partial charge in [-0.3, -0.25) is 4.79 Å². The first-order valence-corrected chi connectivity index (χ1v) is 9.29. The Morgan fingerprint density at radius 2 is 1.85 bits per heavy atom. The van der Waals surface area contributed by atoms with Gasteiger partial charge in [-0.25, -0.2) is 0 Å². The second kappa shape index (κ2) is 7.74. The van der Waals surface area contributed by atoms with Crippen LogP contribution in [0.2, 0.25) is 0 Å². The number of carbonyl (C=O) groups excluding carboxylic acids is 1. The molecule has 0 bridgehead atoms. The highest BCUT2D eigenvalue weighted by molar-refractivity contribution is 5.84. The molecule has 1 aromatic heterocycles. The van der Waals surface area contributed by atoms with Gasteiger partial charge in [-0.1, -0.05) is 12.1 Å². The number of fused-ring (bicyclic) bond motifs is 3. The summed E-state index contributed by atoms with van der Waals surface area (Å²) < 4.78 is 16.7. The summed E-state index contributed by atoms with van der Waals surface area (Å²) in [6, 6.07) is 13.4. The Bertz CT molecular complexity index is 943. The van der Waals surface area contributed by atoms with E-state index in [1.165, 1.54) is 18.4 Å². The van der Waals surface area contributed by atoms with Gasteiger partial charge in [0.05, 0.1) is 7.11 Å². The summed E-state index contributed by atoms with van der Waals surface area (Å²) >= 11 is 0. The molecule has 0 unspecified atom stereocenters. The fourth-order valence-corrected chi connectivity index (χ4v) is 3.48. The Kier molecular flexibility index (Phi) is 5.01. The normalized spacial score (nSPS) is 13.2. The lowest BCUT2D eigenvalue weighted by Gasteiger charge is -2.10. The van der Waals surface area contributed by atoms with Crippen LogP contribution in [0.5, 0.6) is 11.5 Å². The highest BCUT2D eigenvalue weighted by Gasteiger charge is 2.18. The lowest BCUT2D eigenvalue weighted by atomic mass is 9.96. The van der Waals surface area contributed by atoms with Gasteiger partial charge < -0.3 is 19.2 Å². The highest BCUT2D eigenvalue weighted by atomic mass is 16.5. The first-order chi connectivity index (χ1) is 13.2. The molecule has 1 aliphatic rings. The third-order valence-electron chi connectivity index (χ3n) is 4.95. The molecule has 0 saturated heterocycles. The van der Waals surface area contributed by atoms with Gasteiger partial charge in [0.25, 0.3) is 5.91 Å². The second-order valence-electron chi connectivity index (χ2n) is 6.78. The minimum atomic E-state index is -0.153. The average Bonchev–Trinajstić information content (AvgIpc) is 3.09. The molecule has 0 saturated carbocycles. The van der Waals surface area contributed by atoms with Crippen molar-refractivity contribution in [3.63, 3.8) is 0 Å². The maximum atomic E-state index is 12.1. The van der Waals surface area contributed by atoms with E-state index in [4.69, 9.17) is 13.9 Å². The molecule has 0 aliphatic heterocycles. The van der Waals surface area contributed by atoms with Crippen molar-refractivity contribution in [3.8, 4) is 11.5 Å². The summed E-state index contributed by atoms with van der Waals surface area (Å²) in [7, 11) is 1.63. The molecule has 3 aromatic rings. The Morgan fingerprint density at radius 1 is 1.07 bits per heavy atom. The average molecular weight is 365 g/mol. The van der Waals surface area contributed by atoms with Crippen LogP contribution in [0.3, 0.4) is 0 Å². The number of carbonyl (C=O) groups is 1. The Hall–Kier alpha value is -2.95. The lowest BCUT2D eigenvalue weighted by molar-refractivity contribution is -0.123. The molecule has 0 fully saturated rings. The van der Waals surface area contributed by atoms with E-state index in [2.05, 4.69) is 5.32 Å². The van der Waals surface area contributed by atoms with Crippen LogP contribution in [-0.2, 0) is 24.2 Å². The van der Waals surface area contributed by atoms with Gasteiger partial charge >= 0.3 is 0 Å². The van der Waals surface area contributed by atoms with Crippen molar-refractivity contribution in [2.45, 2.75) is 32.2 Å². The predicted octanol–water partition coefficient (Wildman–Crippen LogP) is 4.02. The van der Waals surface area contributed by atoms with Crippen LogP contribution in [0.25, 0.3) is 11.0 Å². The zero-order chi connectivity index (χ0) is 18.6. The number of rotatable bonds is 6. The molecule has 0 radical (unpaired) electrons. The van der Waals surface area contributed by atoms with Gasteiger partial charge in [-0.2, -0.15) is 0 Å². The molecule has 1 amide bonds. The Labute approximate surface area is 158 Å². The van der Waals surface area contributed by atoms with Crippen molar-refractivity contribution in [2.24, 2.45) is 0 Å². The van der Waals surface area contributed by atoms with Crippen molar-refractivity contribution >= 4 is 16.9 Å². The van der Waals surface area contributed by atoms with Crippen molar-refractivity contribution in [2.75, 3.05) is 13.7 Å². The van der Waals surface area contributed by atoms with Gasteiger partial charge in [0, 0.05) is 23.9 Å². The van der Waals surface area contributed by atoms with E-state index >= 15 is 0 Å². The third-order valence-corrected chi connectivity index (χ3v) is 4.95. The van der Waals surface area contributed by atoms with Gasteiger partial charge in [-0.15, -0.1) is 0 Å². The van der Waals surface area contributed by atoms with Crippen LogP contribution in [-0.4, -0.2) is 19.6 Å². The van der Waals surface area contributed by atoms with Crippen molar-refractivity contribution in [1.82, 2.24) is 5.32 Å². The molecule has 1 aliphatic carbocycles. The van der Waals surface area contributed by atoms with Crippen LogP contribution in [0.1, 0.15) is 29.7 Å². The van der Waals surface area contributed by atoms with Crippen LogP contribution >= 0.6 is 0 Å². The molecule has 5 heteroatoms. The van der Waals surface area contributed by atoms with Crippen molar-refractivity contribution in [1.29, 1.82) is 0 Å². The van der Waals surface area contributed by atoms with Gasteiger partial charge in [0.15, 0.2) is 6.61 Å². The third kappa shape index (κ3) is 3.92. The summed E-state index contributed by atoms with van der Waals surface area (Å²) in [5.41, 5.74) is 3.21. The van der Waals surface area contributed by atoms with Gasteiger partial charge in [-0.05, 0) is 55.2 Å². The predicted molar refractivity (Wildman–Crippen MR) is 103 cm³/mol. The summed E-state index contributed by atoms with van der Waals surface area (Å²) in [5, 5.41) is 3.98. The maximum absolute atomic E-state index is 12.1. The fraction of sp³-hybridized carbons (Fsp3) is 0.318. The number of hydrogen-bond acceptors (Lipinski definition) is 4. The van der Waals surface area contributed by atoms with Crippen LogP contribution < -0.4 is 14.8 Å². The number of amides is 1. The highest BCUT2D eigenvalue weighted by Crippen LogP contribution is 2.33. The first kappa shape index (κ1) is 17.5. The smallest absolute Gasteiger partial charge is 0.258 e. The molecule has 5 nitrogen and oxygen atoms in total. The number of methoxy groups -OCH3 is 1. The quantitative estimate of drug-likeness (QED) is 0.717. The van der Waals surface area contributed by atoms with E-state index in [1.807, 2.05) is 42.5 Å². The van der Waals surface area contributed by atoms with Crippen molar-refractivity contribution in [3.05, 3.63) is 59.4 Å². The lowest BCUT2D eigenvalue weighted by Crippen LogP contribution is -2.28. The van der Waals surface area contributed by atoms with Crippen LogP contribution in [0.4, 0.5) is 0 Å². The Morgan fingerprint density at radius 3 is 2.67 bits per heavy atom. The second-order valence-corrected chi connectivity index (χ2v) is 6.78. The molecule has 2 aromatic carbocycles. The van der Waals surface area contributed by atoms with Crippen molar-refractivity contribution < 1.29 is 18.7 Å². The van der Waals surface area contributed by atoms with Crippen LogP contribution in [0, 0.1) is 0 Å². The van der Waals surface area contributed by atoms with E-state index in [9.17, 15) is 4.79 Å². The first-order valence-electron chi connectivity index (χ1n) is 9.29. The molecule has 0 spiro atoms. The van der Waals surface area contributed by atoms with E-state index < -0.39 is 0 Å². The van der Waals surface area contributed by atoms with E-state index in [0.717, 1.165) is 40.9 Å². The largest absolute Gasteiger partial charge is 0.497 e. The van der Waals surface area contributed by atoms with E-state index in [1.54, 1.807) is 7.11 Å². The van der Waals surface area contributed by atoms with Gasteiger partial charge in [0.1, 0.15) is 22.8 Å². The Balaban J connectivity index is 1.34. The number of benzene rings is 2. The molecule has 1 heterocycles. The molecule has 4 rings (SSSR count). The topological polar surface area (TPSA) is 60.7 Å². The zero-order valence-electron chi connectivity index (χ0n) is 15.4. The minimum Gasteiger partial charge on any atom is -0.497 e. The zero-order valence-corrected chi connectivity index (χ0v) is 15.4. The molecule has 140 valence electrons. The molecule has 0 atom stereocenters. The number of nitrogens with one attached hydrogen (secondary N) is 1. The molecular weight excluding hydrogens is 342 g/mol. The van der Waals surface area contributed by atoms with E-state index in [-0.39, 0.29) is 12.5 Å². The molecule has 27 heavy (non-hydrogen) atoms. The molecule has 1 N–H and O–H groups in total. The van der Waals surface area contributed by atoms with E-state index in [0.29, 0.717) is 12.3 Å². The summed E-state index contributed by atoms with van der Waals surface area (Å²) in [4.78, 5) is 12.1. The number of hydrogen-bond donors (Lipinski definition) is 1. The standard InChI is InChI=1S/C22H23NO4/c1-25-16-8-6-15(7-9-16)13-23-22(24)14-26-17-10-11-21-19(12-17)18-4-2-3-5-20(18)27-21/h6-12H,2-5,13-14H2,1H3,(H,23,24). The molecular formula is C22H23NO4.